The Hall–Kier alpha value is -2.04. The van der Waals surface area contributed by atoms with Crippen molar-refractivity contribution in [3.63, 3.8) is 0 Å². The van der Waals surface area contributed by atoms with Crippen LogP contribution in [0, 0.1) is 17.0 Å². The molecule has 8 nitrogen and oxygen atoms in total. The topological polar surface area (TPSA) is 128 Å². The van der Waals surface area contributed by atoms with Crippen LogP contribution in [0.15, 0.2) is 28.5 Å². The number of aromatic nitrogens is 1. The summed E-state index contributed by atoms with van der Waals surface area (Å²) in [5.41, 5.74) is 5.74. The first-order chi connectivity index (χ1) is 9.79. The molecule has 3 N–H and O–H groups in total. The Balaban J connectivity index is 2.21. The summed E-state index contributed by atoms with van der Waals surface area (Å²) in [6, 6.07) is 3.22. The number of rotatable bonds is 5. The molecule has 0 saturated heterocycles. The fourth-order valence-corrected chi connectivity index (χ4v) is 3.35. The zero-order chi connectivity index (χ0) is 15.6. The van der Waals surface area contributed by atoms with Gasteiger partial charge in [-0.15, -0.1) is 11.3 Å². The maximum atomic E-state index is 12.1. The third kappa shape index (κ3) is 3.54. The summed E-state index contributed by atoms with van der Waals surface area (Å²) in [6.45, 7) is 1.85. The molecule has 0 aliphatic heterocycles. The first kappa shape index (κ1) is 15.4. The SMILES string of the molecule is Cc1nc(CNS(=O)(=O)c2ccc([N+](=O)[O-])cc2N)cs1. The second-order valence-corrected chi connectivity index (χ2v) is 6.96. The Morgan fingerprint density at radius 3 is 2.71 bits per heavy atom. The van der Waals surface area contributed by atoms with E-state index in [0.717, 1.165) is 23.2 Å². The minimum atomic E-state index is -3.86. The molecule has 0 saturated carbocycles. The summed E-state index contributed by atoms with van der Waals surface area (Å²) in [4.78, 5) is 13.9. The largest absolute Gasteiger partial charge is 0.397 e. The van der Waals surface area contributed by atoms with Gasteiger partial charge >= 0.3 is 0 Å². The van der Waals surface area contributed by atoms with Gasteiger partial charge in [0, 0.05) is 17.5 Å². The Kier molecular flexibility index (Phi) is 4.21. The van der Waals surface area contributed by atoms with Crippen molar-refractivity contribution in [2.75, 3.05) is 5.73 Å². The quantitative estimate of drug-likeness (QED) is 0.485. The number of nitro groups is 1. The van der Waals surface area contributed by atoms with Gasteiger partial charge in [-0.25, -0.2) is 18.1 Å². The molecule has 0 fully saturated rings. The first-order valence-corrected chi connectivity index (χ1v) is 8.10. The van der Waals surface area contributed by atoms with E-state index in [9.17, 15) is 18.5 Å². The molecular weight excluding hydrogens is 316 g/mol. The van der Waals surface area contributed by atoms with Gasteiger partial charge in [-0.05, 0) is 13.0 Å². The number of thiazole rings is 1. The standard InChI is InChI=1S/C11H12N4O4S2/c1-7-14-8(6-20-7)5-13-21(18,19)11-3-2-9(15(16)17)4-10(11)12/h2-4,6,13H,5,12H2,1H3. The normalized spacial score (nSPS) is 11.5. The van der Waals surface area contributed by atoms with Crippen LogP contribution in [0.25, 0.3) is 0 Å². The number of anilines is 1. The van der Waals surface area contributed by atoms with Crippen molar-refractivity contribution in [2.45, 2.75) is 18.4 Å². The molecule has 1 heterocycles. The summed E-state index contributed by atoms with van der Waals surface area (Å²) in [5, 5.41) is 13.2. The molecule has 0 spiro atoms. The van der Waals surface area contributed by atoms with Crippen molar-refractivity contribution in [3.05, 3.63) is 44.4 Å². The van der Waals surface area contributed by atoms with Crippen molar-refractivity contribution in [2.24, 2.45) is 0 Å². The fourth-order valence-electron chi connectivity index (χ4n) is 1.63. The number of hydrogen-bond acceptors (Lipinski definition) is 7. The summed E-state index contributed by atoms with van der Waals surface area (Å²) in [6.07, 6.45) is 0. The first-order valence-electron chi connectivity index (χ1n) is 5.74. The Morgan fingerprint density at radius 2 is 2.19 bits per heavy atom. The van der Waals surface area contributed by atoms with Gasteiger partial charge in [0.05, 0.1) is 27.9 Å². The predicted octanol–water partition coefficient (Wildman–Crippen LogP) is 1.42. The van der Waals surface area contributed by atoms with Gasteiger partial charge in [-0.1, -0.05) is 0 Å². The molecule has 112 valence electrons. The number of aryl methyl sites for hydroxylation is 1. The zero-order valence-corrected chi connectivity index (χ0v) is 12.6. The number of benzene rings is 1. The number of hydrogen-bond donors (Lipinski definition) is 2. The van der Waals surface area contributed by atoms with Crippen LogP contribution in [0.5, 0.6) is 0 Å². The highest BCUT2D eigenvalue weighted by molar-refractivity contribution is 7.89. The molecule has 2 aromatic rings. The lowest BCUT2D eigenvalue weighted by Gasteiger charge is -2.08. The highest BCUT2D eigenvalue weighted by Gasteiger charge is 2.20. The number of non-ortho nitro benzene ring substituents is 1. The number of nitrogens with zero attached hydrogens (tertiary/aromatic N) is 2. The highest BCUT2D eigenvalue weighted by Crippen LogP contribution is 2.23. The van der Waals surface area contributed by atoms with E-state index < -0.39 is 14.9 Å². The highest BCUT2D eigenvalue weighted by atomic mass is 32.2. The van der Waals surface area contributed by atoms with Gasteiger partial charge in [0.1, 0.15) is 4.90 Å². The summed E-state index contributed by atoms with van der Waals surface area (Å²) in [7, 11) is -3.86. The Labute approximate surface area is 124 Å². The second-order valence-electron chi connectivity index (χ2n) is 4.16. The molecule has 21 heavy (non-hydrogen) atoms. The number of nitro benzene ring substituents is 1. The minimum Gasteiger partial charge on any atom is -0.397 e. The molecule has 0 unspecified atom stereocenters. The van der Waals surface area contributed by atoms with E-state index in [0.29, 0.717) is 5.69 Å². The lowest BCUT2D eigenvalue weighted by molar-refractivity contribution is -0.384. The average molecular weight is 328 g/mol. The molecule has 10 heteroatoms. The molecule has 0 aliphatic rings. The fraction of sp³-hybridized carbons (Fsp3) is 0.182. The van der Waals surface area contributed by atoms with Crippen LogP contribution >= 0.6 is 11.3 Å². The van der Waals surface area contributed by atoms with Crippen molar-refractivity contribution in [1.82, 2.24) is 9.71 Å². The Bertz CT molecular complexity index is 785. The maximum absolute atomic E-state index is 12.1. The van der Waals surface area contributed by atoms with Gasteiger partial charge in [-0.3, -0.25) is 10.1 Å². The number of nitrogens with one attached hydrogen (secondary N) is 1. The van der Waals surface area contributed by atoms with E-state index in [1.54, 1.807) is 5.38 Å². The van der Waals surface area contributed by atoms with E-state index in [-0.39, 0.29) is 22.8 Å². The number of sulfonamides is 1. The third-order valence-electron chi connectivity index (χ3n) is 2.60. The van der Waals surface area contributed by atoms with Gasteiger partial charge in [-0.2, -0.15) is 0 Å². The molecule has 0 bridgehead atoms. The minimum absolute atomic E-state index is 0.0309. The molecule has 1 aromatic heterocycles. The molecule has 2 rings (SSSR count). The van der Waals surface area contributed by atoms with Crippen molar-refractivity contribution in [3.8, 4) is 0 Å². The monoisotopic (exact) mass is 328 g/mol. The smallest absolute Gasteiger partial charge is 0.271 e. The van der Waals surface area contributed by atoms with Gasteiger partial charge in [0.15, 0.2) is 0 Å². The third-order valence-corrected chi connectivity index (χ3v) is 4.90. The van der Waals surface area contributed by atoms with Gasteiger partial charge in [0.2, 0.25) is 10.0 Å². The lowest BCUT2D eigenvalue weighted by atomic mass is 10.3. The second kappa shape index (κ2) is 5.76. The van der Waals surface area contributed by atoms with Crippen molar-refractivity contribution < 1.29 is 13.3 Å². The molecular formula is C11H12N4O4S2. The molecule has 0 aliphatic carbocycles. The molecule has 0 radical (unpaired) electrons. The Morgan fingerprint density at radius 1 is 1.48 bits per heavy atom. The zero-order valence-electron chi connectivity index (χ0n) is 10.9. The van der Waals surface area contributed by atoms with E-state index in [1.165, 1.54) is 11.3 Å². The molecule has 1 aromatic carbocycles. The number of nitrogens with two attached hydrogens (primary N) is 1. The summed E-state index contributed by atoms with van der Waals surface area (Å²) >= 11 is 1.41. The number of nitrogen functional groups attached to an aromatic ring is 1. The van der Waals surface area contributed by atoms with E-state index in [4.69, 9.17) is 5.73 Å². The van der Waals surface area contributed by atoms with Crippen molar-refractivity contribution in [1.29, 1.82) is 0 Å². The van der Waals surface area contributed by atoms with Crippen LogP contribution in [0.3, 0.4) is 0 Å². The molecule has 0 atom stereocenters. The van der Waals surface area contributed by atoms with Crippen LogP contribution in [-0.2, 0) is 16.6 Å². The van der Waals surface area contributed by atoms with Gasteiger partial charge in [0.25, 0.3) is 5.69 Å². The van der Waals surface area contributed by atoms with Crippen LogP contribution in [0.4, 0.5) is 11.4 Å². The predicted molar refractivity (Wildman–Crippen MR) is 78.4 cm³/mol. The summed E-state index contributed by atoms with van der Waals surface area (Å²) < 4.78 is 26.6. The van der Waals surface area contributed by atoms with Gasteiger partial charge < -0.3 is 5.73 Å². The van der Waals surface area contributed by atoms with Crippen LogP contribution < -0.4 is 10.5 Å². The average Bonchev–Trinajstić information content (AvgIpc) is 2.82. The molecule has 0 amide bonds. The lowest BCUT2D eigenvalue weighted by Crippen LogP contribution is -2.24. The van der Waals surface area contributed by atoms with Crippen molar-refractivity contribution >= 4 is 32.7 Å². The van der Waals surface area contributed by atoms with E-state index in [2.05, 4.69) is 9.71 Å². The van der Waals surface area contributed by atoms with E-state index >= 15 is 0 Å². The summed E-state index contributed by atoms with van der Waals surface area (Å²) in [5.74, 6) is 0. The van der Waals surface area contributed by atoms with Crippen LogP contribution in [0.2, 0.25) is 0 Å². The van der Waals surface area contributed by atoms with E-state index in [1.807, 2.05) is 6.92 Å². The van der Waals surface area contributed by atoms with Crippen LogP contribution in [0.1, 0.15) is 10.7 Å². The maximum Gasteiger partial charge on any atom is 0.271 e. The van der Waals surface area contributed by atoms with Crippen LogP contribution in [-0.4, -0.2) is 18.3 Å².